The molecule has 2 N–H and O–H groups in total. The van der Waals surface area contributed by atoms with Gasteiger partial charge in [0.25, 0.3) is 11.8 Å². The Balaban J connectivity index is 1.51. The van der Waals surface area contributed by atoms with E-state index >= 15 is 0 Å². The largest absolute Gasteiger partial charge is 0.483 e. The lowest BCUT2D eigenvalue weighted by molar-refractivity contribution is -0.124. The molecule has 0 saturated carbocycles. The minimum atomic E-state index is -0.773. The molecule has 35 heavy (non-hydrogen) atoms. The molecule has 0 aromatic heterocycles. The number of amides is 2. The smallest absolute Gasteiger partial charge is 0.342 e. The van der Waals surface area contributed by atoms with Gasteiger partial charge in [-0.25, -0.2) is 9.18 Å². The maximum Gasteiger partial charge on any atom is 0.342 e. The number of para-hydroxylation sites is 2. The zero-order valence-corrected chi connectivity index (χ0v) is 19.5. The number of esters is 1. The van der Waals surface area contributed by atoms with Crippen molar-refractivity contribution in [1.82, 2.24) is 5.32 Å². The lowest BCUT2D eigenvalue weighted by Gasteiger charge is -2.15. The van der Waals surface area contributed by atoms with Gasteiger partial charge in [0.15, 0.2) is 13.2 Å². The van der Waals surface area contributed by atoms with Crippen molar-refractivity contribution in [1.29, 1.82) is 0 Å². The number of nitrogens with one attached hydrogen (secondary N) is 2. The Kier molecular flexibility index (Phi) is 8.95. The normalized spacial score (nSPS) is 11.3. The van der Waals surface area contributed by atoms with E-state index in [0.717, 1.165) is 12.0 Å². The predicted octanol–water partition coefficient (Wildman–Crippen LogP) is 4.44. The Morgan fingerprint density at radius 3 is 2.29 bits per heavy atom. The van der Waals surface area contributed by atoms with E-state index in [1.165, 1.54) is 35.9 Å². The van der Waals surface area contributed by atoms with Crippen molar-refractivity contribution in [3.05, 3.63) is 95.3 Å². The summed E-state index contributed by atoms with van der Waals surface area (Å²) in [6.07, 6.45) is 0.929. The highest BCUT2D eigenvalue weighted by Gasteiger charge is 2.17. The van der Waals surface area contributed by atoms with E-state index in [1.54, 1.807) is 18.2 Å². The monoisotopic (exact) mass is 478 g/mol. The fourth-order valence-corrected chi connectivity index (χ4v) is 3.27. The minimum absolute atomic E-state index is 0.0235. The van der Waals surface area contributed by atoms with Gasteiger partial charge in [0.1, 0.15) is 17.1 Å². The second kappa shape index (κ2) is 12.3. The van der Waals surface area contributed by atoms with Crippen LogP contribution < -0.4 is 15.4 Å². The summed E-state index contributed by atoms with van der Waals surface area (Å²) < 4.78 is 24.3. The van der Waals surface area contributed by atoms with Crippen LogP contribution >= 0.6 is 0 Å². The van der Waals surface area contributed by atoms with Crippen LogP contribution in [-0.4, -0.2) is 31.0 Å². The van der Waals surface area contributed by atoms with Gasteiger partial charge < -0.3 is 20.1 Å². The Labute approximate surface area is 203 Å². The highest BCUT2D eigenvalue weighted by atomic mass is 19.1. The van der Waals surface area contributed by atoms with Gasteiger partial charge in [-0.1, -0.05) is 55.5 Å². The summed E-state index contributed by atoms with van der Waals surface area (Å²) in [7, 11) is 0. The average Bonchev–Trinajstić information content (AvgIpc) is 2.87. The quantitative estimate of drug-likeness (QED) is 0.420. The molecule has 1 atom stereocenters. The Hall–Kier alpha value is -4.20. The topological polar surface area (TPSA) is 93.7 Å². The standard InChI is InChI=1S/C27H27FN2O5/c1-3-19-12-14-20(15-13-19)18(2)29-25(31)17-35-27(33)21-8-4-7-11-24(21)34-16-26(32)30-23-10-6-5-9-22(23)28/h4-15,18H,3,16-17H2,1-2H3,(H,29,31)(H,30,32). The number of ether oxygens (including phenoxy) is 2. The van der Waals surface area contributed by atoms with Gasteiger partial charge in [0.2, 0.25) is 0 Å². The summed E-state index contributed by atoms with van der Waals surface area (Å²) in [6.45, 7) is 2.99. The van der Waals surface area contributed by atoms with E-state index in [1.807, 2.05) is 31.2 Å². The number of halogens is 1. The first kappa shape index (κ1) is 25.4. The summed E-state index contributed by atoms with van der Waals surface area (Å²) in [4.78, 5) is 36.9. The molecule has 0 fully saturated rings. The molecule has 0 radical (unpaired) electrons. The third kappa shape index (κ3) is 7.40. The van der Waals surface area contributed by atoms with Gasteiger partial charge in [-0.15, -0.1) is 0 Å². The molecule has 0 spiro atoms. The van der Waals surface area contributed by atoms with Crippen molar-refractivity contribution in [3.8, 4) is 5.75 Å². The van der Waals surface area contributed by atoms with Gasteiger partial charge >= 0.3 is 5.97 Å². The molecule has 7 nitrogen and oxygen atoms in total. The van der Waals surface area contributed by atoms with Gasteiger partial charge in [0.05, 0.1) is 11.7 Å². The van der Waals surface area contributed by atoms with E-state index in [0.29, 0.717) is 0 Å². The predicted molar refractivity (Wildman–Crippen MR) is 130 cm³/mol. The molecule has 8 heteroatoms. The fraction of sp³-hybridized carbons (Fsp3) is 0.222. The number of benzene rings is 3. The first-order valence-corrected chi connectivity index (χ1v) is 11.2. The van der Waals surface area contributed by atoms with Gasteiger partial charge in [-0.05, 0) is 48.7 Å². The minimum Gasteiger partial charge on any atom is -0.483 e. The molecular weight excluding hydrogens is 451 g/mol. The number of rotatable bonds is 10. The highest BCUT2D eigenvalue weighted by molar-refractivity contribution is 5.95. The molecule has 182 valence electrons. The van der Waals surface area contributed by atoms with Crippen molar-refractivity contribution in [2.75, 3.05) is 18.5 Å². The van der Waals surface area contributed by atoms with Crippen LogP contribution in [0.5, 0.6) is 5.75 Å². The first-order valence-electron chi connectivity index (χ1n) is 11.2. The molecule has 1 unspecified atom stereocenters. The summed E-state index contributed by atoms with van der Waals surface area (Å²) >= 11 is 0. The van der Waals surface area contributed by atoms with Crippen molar-refractivity contribution in [3.63, 3.8) is 0 Å². The summed E-state index contributed by atoms with van der Waals surface area (Å²) in [5.41, 5.74) is 2.22. The summed E-state index contributed by atoms with van der Waals surface area (Å²) in [5.74, 6) is -2.29. The maximum absolute atomic E-state index is 13.7. The summed E-state index contributed by atoms with van der Waals surface area (Å²) in [6, 6.07) is 19.6. The molecule has 2 amide bonds. The van der Waals surface area contributed by atoms with Crippen LogP contribution in [0.2, 0.25) is 0 Å². The van der Waals surface area contributed by atoms with Crippen LogP contribution in [0.1, 0.15) is 41.4 Å². The van der Waals surface area contributed by atoms with Gasteiger partial charge in [0, 0.05) is 0 Å². The number of anilines is 1. The molecule has 0 heterocycles. The van der Waals surface area contributed by atoms with Crippen molar-refractivity contribution >= 4 is 23.5 Å². The second-order valence-corrected chi connectivity index (χ2v) is 7.77. The van der Waals surface area contributed by atoms with E-state index in [9.17, 15) is 18.8 Å². The van der Waals surface area contributed by atoms with Crippen LogP contribution in [0.25, 0.3) is 0 Å². The molecule has 3 aromatic rings. The SMILES string of the molecule is CCc1ccc(C(C)NC(=O)COC(=O)c2ccccc2OCC(=O)Nc2ccccc2F)cc1. The average molecular weight is 479 g/mol. The van der Waals surface area contributed by atoms with E-state index in [2.05, 4.69) is 17.6 Å². The number of carbonyl (C=O) groups is 3. The Morgan fingerprint density at radius 1 is 0.886 bits per heavy atom. The molecule has 0 aliphatic carbocycles. The van der Waals surface area contributed by atoms with Gasteiger partial charge in [-0.3, -0.25) is 9.59 Å². The van der Waals surface area contributed by atoms with E-state index in [-0.39, 0.29) is 23.0 Å². The lowest BCUT2D eigenvalue weighted by atomic mass is 10.1. The molecule has 0 saturated heterocycles. The Bertz CT molecular complexity index is 1180. The zero-order chi connectivity index (χ0) is 25.2. The molecule has 3 aromatic carbocycles. The van der Waals surface area contributed by atoms with Gasteiger partial charge in [-0.2, -0.15) is 0 Å². The lowest BCUT2D eigenvalue weighted by Crippen LogP contribution is -2.31. The second-order valence-electron chi connectivity index (χ2n) is 7.77. The third-order valence-electron chi connectivity index (χ3n) is 5.21. The first-order chi connectivity index (χ1) is 16.9. The van der Waals surface area contributed by atoms with Crippen LogP contribution in [0.4, 0.5) is 10.1 Å². The van der Waals surface area contributed by atoms with Crippen molar-refractivity contribution in [2.45, 2.75) is 26.3 Å². The molecule has 0 aliphatic heterocycles. The molecule has 3 rings (SSSR count). The molecule has 0 aliphatic rings. The number of hydrogen-bond donors (Lipinski definition) is 2. The van der Waals surface area contributed by atoms with Crippen molar-refractivity contribution < 1.29 is 28.2 Å². The van der Waals surface area contributed by atoms with E-state index in [4.69, 9.17) is 9.47 Å². The third-order valence-corrected chi connectivity index (χ3v) is 5.21. The Morgan fingerprint density at radius 2 is 1.57 bits per heavy atom. The maximum atomic E-state index is 13.7. The molecular formula is C27H27FN2O5. The fourth-order valence-electron chi connectivity index (χ4n) is 3.27. The number of carbonyl (C=O) groups excluding carboxylic acids is 3. The van der Waals surface area contributed by atoms with Crippen LogP contribution in [0, 0.1) is 5.82 Å². The highest BCUT2D eigenvalue weighted by Crippen LogP contribution is 2.20. The zero-order valence-electron chi connectivity index (χ0n) is 19.5. The number of aryl methyl sites for hydroxylation is 1. The number of hydrogen-bond acceptors (Lipinski definition) is 5. The van der Waals surface area contributed by atoms with Crippen LogP contribution in [-0.2, 0) is 20.7 Å². The summed E-state index contributed by atoms with van der Waals surface area (Å²) in [5, 5.41) is 5.19. The van der Waals surface area contributed by atoms with E-state index < -0.39 is 36.8 Å². The van der Waals surface area contributed by atoms with Crippen LogP contribution in [0.15, 0.2) is 72.8 Å². The van der Waals surface area contributed by atoms with Crippen LogP contribution in [0.3, 0.4) is 0 Å². The van der Waals surface area contributed by atoms with Crippen molar-refractivity contribution in [2.24, 2.45) is 0 Å². The molecule has 0 bridgehead atoms.